The molecule has 0 radical (unpaired) electrons. The van der Waals surface area contributed by atoms with Crippen LogP contribution in [0.15, 0.2) is 0 Å². The van der Waals surface area contributed by atoms with E-state index >= 15 is 0 Å². The topological polar surface area (TPSA) is 85.2 Å². The number of carbonyl (C=O) groups excluding carboxylic acids is 1. The van der Waals surface area contributed by atoms with Crippen molar-refractivity contribution in [2.24, 2.45) is 17.3 Å². The van der Waals surface area contributed by atoms with Crippen LogP contribution in [0, 0.1) is 17.3 Å². The van der Waals surface area contributed by atoms with Crippen LogP contribution in [0.3, 0.4) is 0 Å². The summed E-state index contributed by atoms with van der Waals surface area (Å²) in [5.74, 6) is -0.713. The molecule has 0 aromatic heterocycles. The molecule has 7 heteroatoms. The van der Waals surface area contributed by atoms with Crippen LogP contribution in [-0.2, 0) is 18.7 Å². The minimum Gasteiger partial charge on any atom is -0.411 e. The highest BCUT2D eigenvalue weighted by molar-refractivity contribution is 6.74. The molecular formula is C18H34O6Si. The van der Waals surface area contributed by atoms with Gasteiger partial charge in [-0.2, -0.15) is 0 Å². The summed E-state index contributed by atoms with van der Waals surface area (Å²) < 4.78 is 17.5. The van der Waals surface area contributed by atoms with Crippen LogP contribution >= 0.6 is 0 Å². The number of ketones is 1. The van der Waals surface area contributed by atoms with E-state index in [1.54, 1.807) is 7.11 Å². The predicted octanol–water partition coefficient (Wildman–Crippen LogP) is 1.95. The Morgan fingerprint density at radius 3 is 2.24 bits per heavy atom. The van der Waals surface area contributed by atoms with Gasteiger partial charge in [-0.25, -0.2) is 0 Å². The smallest absolute Gasteiger partial charge is 0.192 e. The Morgan fingerprint density at radius 1 is 1.24 bits per heavy atom. The molecule has 25 heavy (non-hydrogen) atoms. The second-order valence-corrected chi connectivity index (χ2v) is 14.1. The van der Waals surface area contributed by atoms with Crippen molar-refractivity contribution in [3.63, 3.8) is 0 Å². The fourth-order valence-corrected chi connectivity index (χ4v) is 6.00. The monoisotopic (exact) mass is 374 g/mol. The first-order valence-electron chi connectivity index (χ1n) is 8.97. The van der Waals surface area contributed by atoms with Gasteiger partial charge in [-0.3, -0.25) is 4.79 Å². The van der Waals surface area contributed by atoms with Crippen molar-refractivity contribution in [1.29, 1.82) is 0 Å². The molecule has 0 heterocycles. The third-order valence-corrected chi connectivity index (χ3v) is 11.3. The van der Waals surface area contributed by atoms with Crippen molar-refractivity contribution in [2.75, 3.05) is 27.1 Å². The minimum absolute atomic E-state index is 0.0226. The van der Waals surface area contributed by atoms with Gasteiger partial charge in [-0.1, -0.05) is 20.8 Å². The number of carbonyl (C=O) groups is 1. The lowest BCUT2D eigenvalue weighted by atomic mass is 9.52. The number of ether oxygens (including phenoxy) is 2. The molecule has 4 atom stereocenters. The molecule has 0 saturated heterocycles. The van der Waals surface area contributed by atoms with Crippen LogP contribution in [0.25, 0.3) is 0 Å². The largest absolute Gasteiger partial charge is 0.411 e. The summed E-state index contributed by atoms with van der Waals surface area (Å²) in [7, 11) is -0.550. The number of Topliss-reactive ketones (excluding diaryl/α,β-unsaturated/α-hetero) is 1. The van der Waals surface area contributed by atoms with Crippen LogP contribution in [0.1, 0.15) is 34.1 Å². The zero-order valence-electron chi connectivity index (χ0n) is 16.6. The number of aliphatic hydroxyl groups is 2. The standard InChI is InChI=1S/C18H34O6Si/c1-16(2,3)25(6,7)24-17(4)8-12(23-11-22-5)13-14(17)15(21)18(13,9-19)10-20/h12-14,19-20H,8-11H2,1-7H3/t12-,13-,14+,17-/m0/s1. The van der Waals surface area contributed by atoms with Crippen molar-refractivity contribution in [1.82, 2.24) is 0 Å². The zero-order chi connectivity index (χ0) is 19.3. The van der Waals surface area contributed by atoms with E-state index in [4.69, 9.17) is 13.9 Å². The van der Waals surface area contributed by atoms with Gasteiger partial charge in [0.05, 0.1) is 36.3 Å². The van der Waals surface area contributed by atoms with E-state index in [0.717, 1.165) is 0 Å². The molecule has 6 nitrogen and oxygen atoms in total. The molecule has 0 aromatic rings. The Labute approximate surface area is 152 Å². The summed E-state index contributed by atoms with van der Waals surface area (Å²) >= 11 is 0. The maximum atomic E-state index is 12.9. The molecule has 2 N–H and O–H groups in total. The molecule has 2 fully saturated rings. The van der Waals surface area contributed by atoms with Crippen LogP contribution in [0.5, 0.6) is 0 Å². The fraction of sp³-hybridized carbons (Fsp3) is 0.944. The van der Waals surface area contributed by atoms with Crippen LogP contribution in [-0.4, -0.2) is 63.1 Å². The Bertz CT molecular complexity index is 510. The lowest BCUT2D eigenvalue weighted by molar-refractivity contribution is -0.190. The molecule has 0 aromatic carbocycles. The highest BCUT2D eigenvalue weighted by Crippen LogP contribution is 2.62. The van der Waals surface area contributed by atoms with E-state index in [1.165, 1.54) is 0 Å². The molecule has 2 aliphatic rings. The quantitative estimate of drug-likeness (QED) is 0.523. The van der Waals surface area contributed by atoms with Crippen molar-refractivity contribution < 1.29 is 28.9 Å². The van der Waals surface area contributed by atoms with E-state index in [9.17, 15) is 15.0 Å². The highest BCUT2D eigenvalue weighted by atomic mass is 28.4. The first-order chi connectivity index (χ1) is 11.4. The highest BCUT2D eigenvalue weighted by Gasteiger charge is 2.74. The van der Waals surface area contributed by atoms with Crippen molar-refractivity contribution >= 4 is 14.1 Å². The first kappa shape index (κ1) is 21.0. The summed E-state index contributed by atoms with van der Waals surface area (Å²) in [5.41, 5.74) is -1.77. The number of rotatable bonds is 7. The summed E-state index contributed by atoms with van der Waals surface area (Å²) in [6.45, 7) is 12.2. The van der Waals surface area contributed by atoms with Gasteiger partial charge in [-0.15, -0.1) is 0 Å². The average Bonchev–Trinajstić information content (AvgIpc) is 2.74. The number of aliphatic hydroxyl groups excluding tert-OH is 2. The van der Waals surface area contributed by atoms with Gasteiger partial charge in [0.2, 0.25) is 0 Å². The summed E-state index contributed by atoms with van der Waals surface area (Å²) in [5, 5.41) is 19.7. The summed E-state index contributed by atoms with van der Waals surface area (Å²) in [6, 6.07) is 0. The Kier molecular flexibility index (Phi) is 5.62. The van der Waals surface area contributed by atoms with Crippen LogP contribution < -0.4 is 0 Å². The number of hydrogen-bond donors (Lipinski definition) is 2. The number of fused-ring (bicyclic) bond motifs is 1. The van der Waals surface area contributed by atoms with E-state index in [0.29, 0.717) is 6.42 Å². The summed E-state index contributed by atoms with van der Waals surface area (Å²) in [6.07, 6.45) is 0.280. The van der Waals surface area contributed by atoms with Gasteiger partial charge in [0.1, 0.15) is 12.6 Å². The maximum Gasteiger partial charge on any atom is 0.192 e. The van der Waals surface area contributed by atoms with Crippen LogP contribution in [0.4, 0.5) is 0 Å². The van der Waals surface area contributed by atoms with Gasteiger partial charge < -0.3 is 24.1 Å². The van der Waals surface area contributed by atoms with Crippen molar-refractivity contribution in [3.05, 3.63) is 0 Å². The van der Waals surface area contributed by atoms with E-state index in [2.05, 4.69) is 33.9 Å². The Balaban J connectivity index is 2.34. The zero-order valence-corrected chi connectivity index (χ0v) is 17.6. The maximum absolute atomic E-state index is 12.9. The molecule has 2 aliphatic carbocycles. The van der Waals surface area contributed by atoms with E-state index < -0.39 is 19.3 Å². The SMILES string of the molecule is COCO[C@H]1C[C@](C)(O[Si](C)(C)C(C)(C)C)[C@H]2C(=O)C(CO)(CO)[C@@H]12. The molecule has 0 amide bonds. The molecule has 0 spiro atoms. The summed E-state index contributed by atoms with van der Waals surface area (Å²) in [4.78, 5) is 12.9. The molecular weight excluding hydrogens is 340 g/mol. The fourth-order valence-electron chi connectivity index (χ4n) is 4.32. The molecule has 2 rings (SSSR count). The predicted molar refractivity (Wildman–Crippen MR) is 96.6 cm³/mol. The van der Waals surface area contributed by atoms with Gasteiger partial charge in [0, 0.05) is 19.4 Å². The molecule has 0 unspecified atom stereocenters. The van der Waals surface area contributed by atoms with Gasteiger partial charge >= 0.3 is 0 Å². The lowest BCUT2D eigenvalue weighted by Gasteiger charge is -2.54. The average molecular weight is 375 g/mol. The van der Waals surface area contributed by atoms with Gasteiger partial charge in [-0.05, 0) is 25.1 Å². The molecule has 0 aliphatic heterocycles. The minimum atomic E-state index is -2.10. The van der Waals surface area contributed by atoms with Crippen molar-refractivity contribution in [2.45, 2.75) is 64.0 Å². The third kappa shape index (κ3) is 3.13. The second-order valence-electron chi connectivity index (χ2n) is 9.33. The van der Waals surface area contributed by atoms with Gasteiger partial charge in [0.25, 0.3) is 0 Å². The second kappa shape index (κ2) is 6.69. The molecule has 146 valence electrons. The number of hydrogen-bond acceptors (Lipinski definition) is 6. The van der Waals surface area contributed by atoms with E-state index in [-0.39, 0.29) is 48.8 Å². The molecule has 0 bridgehead atoms. The Morgan fingerprint density at radius 2 is 1.80 bits per heavy atom. The first-order valence-corrected chi connectivity index (χ1v) is 11.9. The number of methoxy groups -OCH3 is 1. The van der Waals surface area contributed by atoms with Crippen LogP contribution in [0.2, 0.25) is 18.1 Å². The molecule has 2 saturated carbocycles. The van der Waals surface area contributed by atoms with Crippen molar-refractivity contribution in [3.8, 4) is 0 Å². The third-order valence-electron chi connectivity index (χ3n) is 6.69. The lowest BCUT2D eigenvalue weighted by Crippen LogP contribution is -2.67. The van der Waals surface area contributed by atoms with E-state index in [1.807, 2.05) is 6.92 Å². The van der Waals surface area contributed by atoms with Gasteiger partial charge in [0.15, 0.2) is 8.32 Å². The normalized spacial score (nSPS) is 34.8. The Hall–Kier alpha value is -0.313.